The molecular formula is C22H28O4. The van der Waals surface area contributed by atoms with Crippen molar-refractivity contribution in [3.8, 4) is 11.5 Å². The fourth-order valence-electron chi connectivity index (χ4n) is 2.18. The van der Waals surface area contributed by atoms with Crippen LogP contribution in [0.15, 0.2) is 66.0 Å². The smallest absolute Gasteiger partial charge is 0.189 e. The van der Waals surface area contributed by atoms with Gasteiger partial charge in [-0.05, 0) is 55.7 Å². The van der Waals surface area contributed by atoms with Gasteiger partial charge in [0.25, 0.3) is 0 Å². The van der Waals surface area contributed by atoms with E-state index >= 15 is 0 Å². The van der Waals surface area contributed by atoms with Gasteiger partial charge in [0.05, 0.1) is 26.6 Å². The predicted molar refractivity (Wildman–Crippen MR) is 106 cm³/mol. The summed E-state index contributed by atoms with van der Waals surface area (Å²) < 4.78 is 16.0. The molecule has 0 atom stereocenters. The largest absolute Gasteiger partial charge is 0.498 e. The Bertz CT molecular complexity index is 701. The van der Waals surface area contributed by atoms with E-state index in [1.54, 1.807) is 51.5 Å². The van der Waals surface area contributed by atoms with Crippen molar-refractivity contribution < 1.29 is 19.0 Å². The molecule has 0 spiro atoms. The maximum atomic E-state index is 12.7. The fourth-order valence-corrected chi connectivity index (χ4v) is 2.18. The van der Waals surface area contributed by atoms with Gasteiger partial charge in [-0.2, -0.15) is 0 Å². The molecule has 0 radical (unpaired) electrons. The second-order valence-corrected chi connectivity index (χ2v) is 5.75. The molecule has 0 aliphatic heterocycles. The Hall–Kier alpha value is -2.75. The molecule has 0 bridgehead atoms. The highest BCUT2D eigenvalue weighted by Crippen LogP contribution is 2.24. The zero-order valence-corrected chi connectivity index (χ0v) is 16.3. The first-order chi connectivity index (χ1) is 12.4. The quantitative estimate of drug-likeness (QED) is 0.248. The van der Waals surface area contributed by atoms with Gasteiger partial charge < -0.3 is 14.2 Å². The summed E-state index contributed by atoms with van der Waals surface area (Å²) in [6, 6.07) is 5.12. The summed E-state index contributed by atoms with van der Waals surface area (Å²) in [7, 11) is 3.11. The van der Waals surface area contributed by atoms with Crippen LogP contribution in [0, 0.1) is 0 Å². The van der Waals surface area contributed by atoms with Crippen molar-refractivity contribution in [1.82, 2.24) is 0 Å². The number of carbonyl (C=O) groups is 1. The van der Waals surface area contributed by atoms with Crippen LogP contribution >= 0.6 is 0 Å². The molecule has 4 heteroatoms. The van der Waals surface area contributed by atoms with Crippen LogP contribution in [0.25, 0.3) is 0 Å². The topological polar surface area (TPSA) is 44.8 Å². The molecule has 0 fully saturated rings. The first-order valence-electron chi connectivity index (χ1n) is 8.55. The monoisotopic (exact) mass is 356 g/mol. The molecule has 0 heterocycles. The average molecular weight is 356 g/mol. The summed E-state index contributed by atoms with van der Waals surface area (Å²) in [5, 5.41) is 0. The van der Waals surface area contributed by atoms with Crippen molar-refractivity contribution in [2.45, 2.75) is 27.2 Å². The van der Waals surface area contributed by atoms with Crippen LogP contribution in [0.4, 0.5) is 0 Å². The average Bonchev–Trinajstić information content (AvgIpc) is 2.67. The van der Waals surface area contributed by atoms with Gasteiger partial charge in [-0.3, -0.25) is 4.79 Å². The molecule has 26 heavy (non-hydrogen) atoms. The van der Waals surface area contributed by atoms with Crippen LogP contribution in [0.5, 0.6) is 11.5 Å². The normalized spacial score (nSPS) is 12.6. The maximum absolute atomic E-state index is 12.7. The molecule has 0 unspecified atom stereocenters. The predicted octanol–water partition coefficient (Wildman–Crippen LogP) is 5.28. The molecule has 4 nitrogen and oxygen atoms in total. The number of carbonyl (C=O) groups excluding carboxylic acids is 1. The standard InChI is InChI=1S/C22H28O4/c1-7-11-26-17(4)9-10-18(8-2)12-16(3)22(23)19-13-20(24-5)15-21(14-19)25-6/h8-10,12-15H,2,7,11H2,1,3-6H3/b16-12+,17-9+,18-10+. The van der Waals surface area contributed by atoms with E-state index in [-0.39, 0.29) is 5.78 Å². The SMILES string of the molecule is C=CC(=C\C=C(/C)OCCC)/C=C(\C)C(=O)c1cc(OC)cc(OC)c1. The van der Waals surface area contributed by atoms with Crippen LogP contribution in [-0.2, 0) is 4.74 Å². The third-order valence-corrected chi connectivity index (χ3v) is 3.64. The van der Waals surface area contributed by atoms with Crippen LogP contribution in [-0.4, -0.2) is 26.6 Å². The molecule has 0 N–H and O–H groups in total. The molecule has 1 rings (SSSR count). The van der Waals surface area contributed by atoms with E-state index in [1.165, 1.54) is 0 Å². The molecule has 0 aromatic heterocycles. The number of rotatable bonds is 10. The van der Waals surface area contributed by atoms with E-state index in [9.17, 15) is 4.79 Å². The summed E-state index contributed by atoms with van der Waals surface area (Å²) in [4.78, 5) is 12.7. The second-order valence-electron chi connectivity index (χ2n) is 5.75. The number of benzene rings is 1. The van der Waals surface area contributed by atoms with Crippen molar-refractivity contribution in [2.24, 2.45) is 0 Å². The Morgan fingerprint density at radius 1 is 1.08 bits per heavy atom. The van der Waals surface area contributed by atoms with E-state index in [2.05, 4.69) is 13.5 Å². The Morgan fingerprint density at radius 2 is 1.69 bits per heavy atom. The van der Waals surface area contributed by atoms with Gasteiger partial charge in [-0.15, -0.1) is 0 Å². The lowest BCUT2D eigenvalue weighted by molar-refractivity contribution is 0.103. The van der Waals surface area contributed by atoms with E-state index in [4.69, 9.17) is 14.2 Å². The van der Waals surface area contributed by atoms with Gasteiger partial charge in [-0.25, -0.2) is 0 Å². The number of hydrogen-bond donors (Lipinski definition) is 0. The lowest BCUT2D eigenvalue weighted by Crippen LogP contribution is -2.02. The number of methoxy groups -OCH3 is 2. The zero-order chi connectivity index (χ0) is 19.5. The van der Waals surface area contributed by atoms with Gasteiger partial charge in [0, 0.05) is 11.6 Å². The number of hydrogen-bond acceptors (Lipinski definition) is 4. The molecule has 140 valence electrons. The summed E-state index contributed by atoms with van der Waals surface area (Å²) in [6.07, 6.45) is 8.20. The van der Waals surface area contributed by atoms with Gasteiger partial charge in [-0.1, -0.05) is 25.7 Å². The molecule has 0 amide bonds. The Labute approximate surface area is 156 Å². The highest BCUT2D eigenvalue weighted by Gasteiger charge is 2.12. The number of Topliss-reactive ketones (excluding diaryl/α,β-unsaturated/α-hetero) is 1. The second kappa shape index (κ2) is 11.0. The summed E-state index contributed by atoms with van der Waals surface area (Å²) in [5.41, 5.74) is 1.92. The van der Waals surface area contributed by atoms with E-state index in [0.717, 1.165) is 17.8 Å². The highest BCUT2D eigenvalue weighted by molar-refractivity contribution is 6.09. The van der Waals surface area contributed by atoms with Crippen molar-refractivity contribution in [3.05, 3.63) is 71.6 Å². The molecule has 0 saturated carbocycles. The molecular weight excluding hydrogens is 328 g/mol. The van der Waals surface area contributed by atoms with Crippen molar-refractivity contribution in [2.75, 3.05) is 20.8 Å². The minimum absolute atomic E-state index is 0.0992. The van der Waals surface area contributed by atoms with E-state index < -0.39 is 0 Å². The van der Waals surface area contributed by atoms with E-state index in [1.807, 2.05) is 19.1 Å². The molecule has 0 aliphatic rings. The van der Waals surface area contributed by atoms with Gasteiger partial charge in [0.15, 0.2) is 5.78 Å². The third-order valence-electron chi connectivity index (χ3n) is 3.64. The Kier molecular flexibility index (Phi) is 8.99. The lowest BCUT2D eigenvalue weighted by atomic mass is 10.0. The summed E-state index contributed by atoms with van der Waals surface area (Å²) in [6.45, 7) is 10.2. The summed E-state index contributed by atoms with van der Waals surface area (Å²) in [5.74, 6) is 1.87. The number of ether oxygens (including phenoxy) is 3. The molecule has 1 aromatic rings. The number of ketones is 1. The molecule has 0 aliphatic carbocycles. The van der Waals surface area contributed by atoms with Crippen molar-refractivity contribution >= 4 is 5.78 Å². The van der Waals surface area contributed by atoms with Crippen LogP contribution in [0.2, 0.25) is 0 Å². The Morgan fingerprint density at radius 3 is 2.19 bits per heavy atom. The summed E-state index contributed by atoms with van der Waals surface area (Å²) >= 11 is 0. The van der Waals surface area contributed by atoms with Gasteiger partial charge >= 0.3 is 0 Å². The molecule has 0 saturated heterocycles. The van der Waals surface area contributed by atoms with E-state index in [0.29, 0.717) is 29.2 Å². The first-order valence-corrected chi connectivity index (χ1v) is 8.55. The van der Waals surface area contributed by atoms with Crippen molar-refractivity contribution in [3.63, 3.8) is 0 Å². The Balaban J connectivity index is 3.06. The van der Waals surface area contributed by atoms with Gasteiger partial charge in [0.2, 0.25) is 0 Å². The highest BCUT2D eigenvalue weighted by atomic mass is 16.5. The number of allylic oxidation sites excluding steroid dienone is 7. The molecule has 1 aromatic carbocycles. The van der Waals surface area contributed by atoms with Crippen LogP contribution in [0.3, 0.4) is 0 Å². The van der Waals surface area contributed by atoms with Crippen LogP contribution < -0.4 is 9.47 Å². The lowest BCUT2D eigenvalue weighted by Gasteiger charge is -2.08. The third kappa shape index (κ3) is 6.63. The van der Waals surface area contributed by atoms with Crippen molar-refractivity contribution in [1.29, 1.82) is 0 Å². The van der Waals surface area contributed by atoms with Crippen LogP contribution in [0.1, 0.15) is 37.6 Å². The fraction of sp³-hybridized carbons (Fsp3) is 0.318. The van der Waals surface area contributed by atoms with Gasteiger partial charge in [0.1, 0.15) is 11.5 Å². The minimum atomic E-state index is -0.0992. The maximum Gasteiger partial charge on any atom is 0.189 e. The minimum Gasteiger partial charge on any atom is -0.498 e. The zero-order valence-electron chi connectivity index (χ0n) is 16.3. The first kappa shape index (κ1) is 21.3.